The van der Waals surface area contributed by atoms with Gasteiger partial charge in [-0.05, 0) is 37.3 Å². The van der Waals surface area contributed by atoms with Crippen molar-refractivity contribution in [3.63, 3.8) is 0 Å². The van der Waals surface area contributed by atoms with E-state index in [9.17, 15) is 23.5 Å². The highest BCUT2D eigenvalue weighted by atomic mass is 32.1. The van der Waals surface area contributed by atoms with Crippen molar-refractivity contribution in [2.24, 2.45) is 0 Å². The quantitative estimate of drug-likeness (QED) is 0.273. The van der Waals surface area contributed by atoms with Crippen molar-refractivity contribution in [3.8, 4) is 17.4 Å². The second-order valence-corrected chi connectivity index (χ2v) is 8.96. The summed E-state index contributed by atoms with van der Waals surface area (Å²) in [5.41, 5.74) is -0.679. The van der Waals surface area contributed by atoms with Gasteiger partial charge in [0.2, 0.25) is 5.88 Å². The molecular weight excluding hydrogens is 514 g/mol. The minimum atomic E-state index is -0.991. The van der Waals surface area contributed by atoms with E-state index in [2.05, 4.69) is 19.9 Å². The third-order valence-electron chi connectivity index (χ3n) is 5.73. The molecule has 204 valence electrons. The predicted octanol–water partition coefficient (Wildman–Crippen LogP) is 2.77. The van der Waals surface area contributed by atoms with E-state index in [1.165, 1.54) is 14.2 Å². The van der Waals surface area contributed by atoms with E-state index in [-0.39, 0.29) is 34.0 Å². The molecule has 0 unspecified atom stereocenters. The molecule has 0 spiro atoms. The molecule has 1 aromatic heterocycles. The van der Waals surface area contributed by atoms with Crippen LogP contribution in [0.25, 0.3) is 0 Å². The van der Waals surface area contributed by atoms with Crippen molar-refractivity contribution in [3.05, 3.63) is 28.8 Å². The van der Waals surface area contributed by atoms with Gasteiger partial charge in [0.15, 0.2) is 28.7 Å². The molecular formula is C23H30F2N4O7S. The van der Waals surface area contributed by atoms with Gasteiger partial charge in [0.05, 0.1) is 33.0 Å². The van der Waals surface area contributed by atoms with Gasteiger partial charge in [0.25, 0.3) is 0 Å². The lowest BCUT2D eigenvalue weighted by Crippen LogP contribution is -2.30. The van der Waals surface area contributed by atoms with Crippen molar-refractivity contribution in [2.45, 2.75) is 32.0 Å². The second kappa shape index (κ2) is 13.4. The van der Waals surface area contributed by atoms with E-state index < -0.39 is 35.8 Å². The predicted molar refractivity (Wildman–Crippen MR) is 131 cm³/mol. The van der Waals surface area contributed by atoms with Gasteiger partial charge in [0, 0.05) is 25.7 Å². The fourth-order valence-electron chi connectivity index (χ4n) is 3.77. The van der Waals surface area contributed by atoms with Crippen LogP contribution in [0.1, 0.15) is 35.2 Å². The largest absolute Gasteiger partial charge is 0.494 e. The number of benzene rings is 1. The molecule has 1 aliphatic rings. The smallest absolute Gasteiger partial charge is 0.346 e. The minimum absolute atomic E-state index is 0.0505. The zero-order chi connectivity index (χ0) is 26.9. The molecule has 1 aliphatic heterocycles. The van der Waals surface area contributed by atoms with Crippen LogP contribution in [0.3, 0.4) is 0 Å². The Balaban J connectivity index is 1.61. The van der Waals surface area contributed by atoms with Gasteiger partial charge in [0.1, 0.15) is 11.6 Å². The molecule has 0 bridgehead atoms. The van der Waals surface area contributed by atoms with E-state index in [0.29, 0.717) is 13.1 Å². The number of hydrogen-bond acceptors (Lipinski definition) is 10. The molecule has 1 saturated heterocycles. The molecule has 0 aliphatic carbocycles. The van der Waals surface area contributed by atoms with Crippen LogP contribution < -0.4 is 24.8 Å². The van der Waals surface area contributed by atoms with Gasteiger partial charge in [-0.15, -0.1) is 0 Å². The number of aliphatic hydroxyl groups is 1. The number of anilines is 1. The van der Waals surface area contributed by atoms with E-state index in [4.69, 9.17) is 18.9 Å². The normalized spacial score (nSPS) is 15.4. The number of nitrogens with one attached hydrogen (secondary N) is 2. The molecule has 2 aromatic rings. The van der Waals surface area contributed by atoms with E-state index in [1.807, 2.05) is 0 Å². The number of urea groups is 1. The molecule has 2 heterocycles. The Morgan fingerprint density at radius 3 is 2.49 bits per heavy atom. The van der Waals surface area contributed by atoms with Gasteiger partial charge < -0.3 is 34.3 Å². The summed E-state index contributed by atoms with van der Waals surface area (Å²) in [4.78, 5) is 26.9. The van der Waals surface area contributed by atoms with E-state index in [0.717, 1.165) is 57.1 Å². The molecule has 2 amide bonds. The van der Waals surface area contributed by atoms with E-state index >= 15 is 0 Å². The Morgan fingerprint density at radius 2 is 1.89 bits per heavy atom. The Kier molecular flexibility index (Phi) is 10.2. The number of aromatic nitrogens is 1. The molecule has 1 fully saturated rings. The number of hydrogen-bond donors (Lipinski definition) is 3. The number of esters is 1. The molecule has 14 heteroatoms. The number of nitrogens with zero attached hydrogens (tertiary/aromatic N) is 2. The Hall–Kier alpha value is -3.23. The molecule has 11 nitrogen and oxygen atoms in total. The summed E-state index contributed by atoms with van der Waals surface area (Å²) in [5.74, 6) is -3.60. The molecule has 3 rings (SSSR count). The lowest BCUT2D eigenvalue weighted by atomic mass is 10.1. The molecule has 0 radical (unpaired) electrons. The highest BCUT2D eigenvalue weighted by Crippen LogP contribution is 2.35. The number of carbonyl (C=O) groups excluding carboxylic acids is 2. The minimum Gasteiger partial charge on any atom is -0.494 e. The number of β-amino-alcohol motifs (C(OH)–C–C–N with tert-alkyl or cyclic N) is 1. The zero-order valence-corrected chi connectivity index (χ0v) is 21.6. The average molecular weight is 545 g/mol. The van der Waals surface area contributed by atoms with Gasteiger partial charge in [-0.1, -0.05) is 0 Å². The summed E-state index contributed by atoms with van der Waals surface area (Å²) in [6.45, 7) is 2.13. The monoisotopic (exact) mass is 544 g/mol. The summed E-state index contributed by atoms with van der Waals surface area (Å²) >= 11 is 0.753. The topological polar surface area (TPSA) is 131 Å². The van der Waals surface area contributed by atoms with Crippen LogP contribution >= 0.6 is 11.5 Å². The molecule has 37 heavy (non-hydrogen) atoms. The van der Waals surface area contributed by atoms with Crippen molar-refractivity contribution in [1.29, 1.82) is 0 Å². The number of carbonyl (C=O) groups is 2. The molecule has 0 saturated carbocycles. The highest BCUT2D eigenvalue weighted by molar-refractivity contribution is 7.11. The van der Waals surface area contributed by atoms with Crippen molar-refractivity contribution >= 4 is 28.5 Å². The third kappa shape index (κ3) is 7.17. The van der Waals surface area contributed by atoms with Crippen molar-refractivity contribution < 1.29 is 42.4 Å². The van der Waals surface area contributed by atoms with Crippen LogP contribution in [0.2, 0.25) is 0 Å². The van der Waals surface area contributed by atoms with Crippen molar-refractivity contribution in [2.75, 3.05) is 52.8 Å². The fraction of sp³-hybridized carbons (Fsp3) is 0.522. The average Bonchev–Trinajstić information content (AvgIpc) is 3.48. The second-order valence-electron chi connectivity index (χ2n) is 8.19. The number of likely N-dealkylation sites (tertiary alicyclic amines) is 1. The maximum atomic E-state index is 14.6. The Morgan fingerprint density at radius 1 is 1.19 bits per heavy atom. The SMILES string of the molecule is COC(=O)c1c(OCc2c(F)c(OC)cc(OC)c2F)nsc1NC(=O)NCCCCN1CC[C@H](O)C1. The number of ether oxygens (including phenoxy) is 4. The summed E-state index contributed by atoms with van der Waals surface area (Å²) in [5, 5.41) is 14.8. The first kappa shape index (κ1) is 28.3. The molecule has 3 N–H and O–H groups in total. The highest BCUT2D eigenvalue weighted by Gasteiger charge is 2.27. The first-order valence-corrected chi connectivity index (χ1v) is 12.3. The van der Waals surface area contributed by atoms with Crippen molar-refractivity contribution in [1.82, 2.24) is 14.6 Å². The number of methoxy groups -OCH3 is 3. The summed E-state index contributed by atoms with van der Waals surface area (Å²) in [7, 11) is 3.58. The van der Waals surface area contributed by atoms with Crippen LogP contribution in [-0.2, 0) is 11.3 Å². The first-order valence-electron chi connectivity index (χ1n) is 11.5. The number of unbranched alkanes of at least 4 members (excludes halogenated alkanes) is 1. The number of halogens is 2. The number of aliphatic hydroxyl groups excluding tert-OH is 1. The zero-order valence-electron chi connectivity index (χ0n) is 20.8. The molecule has 1 aromatic carbocycles. The Labute approximate surface area is 216 Å². The fourth-order valence-corrected chi connectivity index (χ4v) is 4.49. The lowest BCUT2D eigenvalue weighted by Gasteiger charge is -2.14. The maximum Gasteiger partial charge on any atom is 0.346 e. The maximum absolute atomic E-state index is 14.6. The van der Waals surface area contributed by atoms with E-state index in [1.54, 1.807) is 0 Å². The van der Waals surface area contributed by atoms with Gasteiger partial charge in [-0.2, -0.15) is 4.37 Å². The number of rotatable bonds is 12. The van der Waals surface area contributed by atoms with Gasteiger partial charge in [-0.25, -0.2) is 18.4 Å². The number of amides is 2. The summed E-state index contributed by atoms with van der Waals surface area (Å²) < 4.78 is 53.3. The standard InChI is InChI=1S/C23H30F2N4O7S/c1-33-15-10-16(34-2)19(25)14(18(15)24)12-36-20-17(22(31)35-3)21(37-28-20)27-23(32)26-7-4-5-8-29-9-6-13(30)11-29/h10,13,30H,4-9,11-12H2,1-3H3,(H2,26,27,32)/t13-/m0/s1. The third-order valence-corrected chi connectivity index (χ3v) is 6.48. The van der Waals surface area contributed by atoms with Crippen LogP contribution in [0, 0.1) is 11.6 Å². The first-order chi connectivity index (χ1) is 17.8. The van der Waals surface area contributed by atoms with Gasteiger partial charge >= 0.3 is 12.0 Å². The van der Waals surface area contributed by atoms with Crippen LogP contribution in [-0.4, -0.2) is 80.0 Å². The lowest BCUT2D eigenvalue weighted by molar-refractivity contribution is 0.0596. The van der Waals surface area contributed by atoms with Crippen LogP contribution in [0.15, 0.2) is 6.07 Å². The van der Waals surface area contributed by atoms with Crippen LogP contribution in [0.5, 0.6) is 17.4 Å². The summed E-state index contributed by atoms with van der Waals surface area (Å²) in [6.07, 6.45) is 2.09. The van der Waals surface area contributed by atoms with Crippen LogP contribution in [0.4, 0.5) is 18.6 Å². The van der Waals surface area contributed by atoms with Gasteiger partial charge in [-0.3, -0.25) is 5.32 Å². The molecule has 1 atom stereocenters. The summed E-state index contributed by atoms with van der Waals surface area (Å²) in [6, 6.07) is 0.500. The Bertz CT molecular complexity index is 1070.